The van der Waals surface area contributed by atoms with Crippen LogP contribution in [0.15, 0.2) is 29.3 Å². The van der Waals surface area contributed by atoms with Crippen molar-refractivity contribution in [1.82, 2.24) is 9.80 Å². The summed E-state index contributed by atoms with van der Waals surface area (Å²) in [6.07, 6.45) is -0.279. The van der Waals surface area contributed by atoms with Crippen molar-refractivity contribution in [3.8, 4) is 5.75 Å². The zero-order chi connectivity index (χ0) is 19.2. The molecule has 2 N–H and O–H groups in total. The molecule has 0 unspecified atom stereocenters. The molecular weight excluding hydrogens is 459 g/mol. The van der Waals surface area contributed by atoms with Gasteiger partial charge in [-0.2, -0.15) is 0 Å². The van der Waals surface area contributed by atoms with Gasteiger partial charge in [0.1, 0.15) is 18.0 Å². The van der Waals surface area contributed by atoms with Gasteiger partial charge in [0.25, 0.3) is 0 Å². The van der Waals surface area contributed by atoms with E-state index >= 15 is 0 Å². The molecule has 0 spiro atoms. The van der Waals surface area contributed by atoms with Gasteiger partial charge in [-0.25, -0.2) is 9.79 Å². The zero-order valence-corrected chi connectivity index (χ0v) is 18.9. The van der Waals surface area contributed by atoms with Gasteiger partial charge >= 0.3 is 6.09 Å². The fourth-order valence-corrected chi connectivity index (χ4v) is 2.50. The van der Waals surface area contributed by atoms with Crippen LogP contribution in [-0.2, 0) is 4.74 Å². The lowest BCUT2D eigenvalue weighted by molar-refractivity contribution is 0.0186. The number of amides is 1. The Kier molecular flexibility index (Phi) is 9.14. The molecule has 0 aromatic heterocycles. The van der Waals surface area contributed by atoms with Crippen LogP contribution in [0.1, 0.15) is 26.3 Å². The van der Waals surface area contributed by atoms with Crippen molar-refractivity contribution < 1.29 is 14.3 Å². The predicted octanol–water partition coefficient (Wildman–Crippen LogP) is 2.86. The Hall–Kier alpha value is -1.71. The Balaban J connectivity index is 0.00000364. The Morgan fingerprint density at radius 3 is 2.22 bits per heavy atom. The number of rotatable bonds is 4. The van der Waals surface area contributed by atoms with Crippen molar-refractivity contribution >= 4 is 36.0 Å². The minimum Gasteiger partial charge on any atom is -0.492 e. The van der Waals surface area contributed by atoms with Crippen molar-refractivity contribution in [3.05, 3.63) is 29.8 Å². The maximum atomic E-state index is 12.1. The van der Waals surface area contributed by atoms with Gasteiger partial charge < -0.3 is 25.0 Å². The van der Waals surface area contributed by atoms with Gasteiger partial charge in [0, 0.05) is 26.2 Å². The van der Waals surface area contributed by atoms with Crippen LogP contribution in [0.2, 0.25) is 0 Å². The van der Waals surface area contributed by atoms with E-state index in [2.05, 4.69) is 4.99 Å². The highest BCUT2D eigenvalue weighted by Crippen LogP contribution is 2.12. The molecule has 8 heteroatoms. The van der Waals surface area contributed by atoms with E-state index in [1.165, 1.54) is 5.56 Å². The maximum absolute atomic E-state index is 12.1. The van der Waals surface area contributed by atoms with E-state index in [4.69, 9.17) is 15.2 Å². The molecule has 1 amide bonds. The van der Waals surface area contributed by atoms with Gasteiger partial charge in [0.2, 0.25) is 0 Å². The Morgan fingerprint density at radius 2 is 1.67 bits per heavy atom. The van der Waals surface area contributed by atoms with Gasteiger partial charge in [-0.15, -0.1) is 24.0 Å². The topological polar surface area (TPSA) is 80.4 Å². The summed E-state index contributed by atoms with van der Waals surface area (Å²) in [5.74, 6) is 1.32. The van der Waals surface area contributed by atoms with Crippen LogP contribution in [0.3, 0.4) is 0 Å². The highest BCUT2D eigenvalue weighted by Gasteiger charge is 2.26. The molecule has 7 nitrogen and oxygen atoms in total. The molecule has 0 atom stereocenters. The van der Waals surface area contributed by atoms with Crippen LogP contribution < -0.4 is 10.5 Å². The van der Waals surface area contributed by atoms with E-state index in [9.17, 15) is 4.79 Å². The number of carbonyl (C=O) groups is 1. The average Bonchev–Trinajstić information content (AvgIpc) is 2.59. The Morgan fingerprint density at radius 1 is 1.11 bits per heavy atom. The molecule has 1 aromatic rings. The number of hydrogen-bond donors (Lipinski definition) is 1. The number of aliphatic imine (C=N–C) groups is 1. The maximum Gasteiger partial charge on any atom is 0.410 e. The first kappa shape index (κ1) is 23.3. The zero-order valence-electron chi connectivity index (χ0n) is 16.6. The number of nitrogens with two attached hydrogens (primary N) is 1. The third-order valence-corrected chi connectivity index (χ3v) is 3.91. The number of hydrogen-bond acceptors (Lipinski definition) is 4. The molecule has 1 fully saturated rings. The molecule has 2 rings (SSSR count). The number of aryl methyl sites for hydroxylation is 1. The highest BCUT2D eigenvalue weighted by atomic mass is 127. The molecule has 27 heavy (non-hydrogen) atoms. The molecule has 1 aromatic carbocycles. The number of ether oxygens (including phenoxy) is 2. The lowest BCUT2D eigenvalue weighted by Gasteiger charge is -2.36. The Bertz CT molecular complexity index is 621. The number of piperazine rings is 1. The van der Waals surface area contributed by atoms with Crippen molar-refractivity contribution in [3.63, 3.8) is 0 Å². The van der Waals surface area contributed by atoms with Crippen LogP contribution >= 0.6 is 24.0 Å². The van der Waals surface area contributed by atoms with Crippen LogP contribution in [0.4, 0.5) is 4.79 Å². The quantitative estimate of drug-likeness (QED) is 0.304. The number of guanidine groups is 1. The summed E-state index contributed by atoms with van der Waals surface area (Å²) in [5, 5.41) is 0. The van der Waals surface area contributed by atoms with Gasteiger partial charge in [0.15, 0.2) is 5.96 Å². The number of benzene rings is 1. The first-order valence-corrected chi connectivity index (χ1v) is 8.97. The van der Waals surface area contributed by atoms with Crippen LogP contribution in [0, 0.1) is 6.92 Å². The molecule has 0 radical (unpaired) electrons. The molecule has 152 valence electrons. The van der Waals surface area contributed by atoms with Gasteiger partial charge in [-0.3, -0.25) is 0 Å². The lowest BCUT2D eigenvalue weighted by atomic mass is 10.2. The second-order valence-corrected chi connectivity index (χ2v) is 7.36. The van der Waals surface area contributed by atoms with E-state index in [1.807, 2.05) is 56.9 Å². The minimum absolute atomic E-state index is 0. The largest absolute Gasteiger partial charge is 0.492 e. The molecular formula is C19H31IN4O3. The smallest absolute Gasteiger partial charge is 0.410 e. The predicted molar refractivity (Wildman–Crippen MR) is 118 cm³/mol. The van der Waals surface area contributed by atoms with Crippen LogP contribution in [0.5, 0.6) is 5.75 Å². The summed E-state index contributed by atoms with van der Waals surface area (Å²) < 4.78 is 11.0. The fraction of sp³-hybridized carbons (Fsp3) is 0.579. The second-order valence-electron chi connectivity index (χ2n) is 7.36. The second kappa shape index (κ2) is 10.6. The standard InChI is InChI=1S/C19H30N4O3.HI/c1-15-5-7-16(8-6-15)25-14-9-21-17(20)22-10-12-23(13-11-22)18(24)26-19(2,3)4;/h5-8H,9-14H2,1-4H3,(H2,20,21);1H. The molecule has 1 heterocycles. The van der Waals surface area contributed by atoms with Gasteiger partial charge in [0.05, 0.1) is 6.54 Å². The van der Waals surface area contributed by atoms with Gasteiger partial charge in [-0.1, -0.05) is 17.7 Å². The molecule has 1 aliphatic rings. The van der Waals surface area contributed by atoms with E-state index in [0.717, 1.165) is 5.75 Å². The van der Waals surface area contributed by atoms with Crippen molar-refractivity contribution in [2.75, 3.05) is 39.3 Å². The Labute approximate surface area is 178 Å². The highest BCUT2D eigenvalue weighted by molar-refractivity contribution is 14.0. The molecule has 0 bridgehead atoms. The normalized spacial score (nSPS) is 15.2. The first-order valence-electron chi connectivity index (χ1n) is 8.97. The van der Waals surface area contributed by atoms with Crippen molar-refractivity contribution in [2.45, 2.75) is 33.3 Å². The number of halogens is 1. The van der Waals surface area contributed by atoms with Crippen molar-refractivity contribution in [2.24, 2.45) is 10.7 Å². The summed E-state index contributed by atoms with van der Waals surface area (Å²) in [7, 11) is 0. The summed E-state index contributed by atoms with van der Waals surface area (Å²) in [5.41, 5.74) is 6.78. The van der Waals surface area contributed by atoms with E-state index in [0.29, 0.717) is 45.3 Å². The SMILES string of the molecule is Cc1ccc(OCCN=C(N)N2CCN(C(=O)OC(C)(C)C)CC2)cc1.I. The number of nitrogens with zero attached hydrogens (tertiary/aromatic N) is 3. The minimum atomic E-state index is -0.480. The fourth-order valence-electron chi connectivity index (χ4n) is 2.50. The van der Waals surface area contributed by atoms with E-state index in [-0.39, 0.29) is 30.1 Å². The summed E-state index contributed by atoms with van der Waals surface area (Å²) in [6, 6.07) is 7.91. The van der Waals surface area contributed by atoms with Gasteiger partial charge in [-0.05, 0) is 39.8 Å². The summed E-state index contributed by atoms with van der Waals surface area (Å²) in [4.78, 5) is 20.1. The van der Waals surface area contributed by atoms with Crippen molar-refractivity contribution in [1.29, 1.82) is 0 Å². The number of carbonyl (C=O) groups excluding carboxylic acids is 1. The molecule has 1 aliphatic heterocycles. The summed E-state index contributed by atoms with van der Waals surface area (Å²) in [6.45, 7) is 11.0. The van der Waals surface area contributed by atoms with Crippen LogP contribution in [0.25, 0.3) is 0 Å². The average molecular weight is 490 g/mol. The lowest BCUT2D eigenvalue weighted by Crippen LogP contribution is -2.53. The monoisotopic (exact) mass is 490 g/mol. The molecule has 0 aliphatic carbocycles. The third-order valence-electron chi connectivity index (χ3n) is 3.91. The summed E-state index contributed by atoms with van der Waals surface area (Å²) >= 11 is 0. The van der Waals surface area contributed by atoms with E-state index < -0.39 is 5.60 Å². The third kappa shape index (κ3) is 8.23. The molecule has 0 saturated carbocycles. The molecule has 1 saturated heterocycles. The van der Waals surface area contributed by atoms with E-state index in [1.54, 1.807) is 4.90 Å². The van der Waals surface area contributed by atoms with Crippen LogP contribution in [-0.4, -0.2) is 66.8 Å². The first-order chi connectivity index (χ1) is 12.2.